The Bertz CT molecular complexity index is 527. The molecule has 2 aromatic rings. The SMILES string of the molecule is CCCNC(=O)Cc1nnc2ccccc2n1. The molecule has 0 aliphatic heterocycles. The van der Waals surface area contributed by atoms with Crippen molar-refractivity contribution in [3.8, 4) is 0 Å². The number of hydrogen-bond acceptors (Lipinski definition) is 4. The van der Waals surface area contributed by atoms with Gasteiger partial charge in [-0.05, 0) is 18.6 Å². The zero-order valence-corrected chi connectivity index (χ0v) is 9.68. The molecule has 1 aromatic carbocycles. The van der Waals surface area contributed by atoms with Crippen LogP contribution < -0.4 is 5.32 Å². The first kappa shape index (κ1) is 11.4. The fraction of sp³-hybridized carbons (Fsp3) is 0.333. The molecular weight excluding hydrogens is 216 g/mol. The van der Waals surface area contributed by atoms with Gasteiger partial charge in [0.05, 0.1) is 11.9 Å². The number of fused-ring (bicyclic) bond motifs is 1. The van der Waals surface area contributed by atoms with Crippen LogP contribution in [-0.4, -0.2) is 27.6 Å². The van der Waals surface area contributed by atoms with Gasteiger partial charge in [-0.2, -0.15) is 0 Å². The molecule has 0 bridgehead atoms. The van der Waals surface area contributed by atoms with Crippen molar-refractivity contribution in [2.24, 2.45) is 0 Å². The van der Waals surface area contributed by atoms with E-state index in [1.54, 1.807) is 0 Å². The van der Waals surface area contributed by atoms with Gasteiger partial charge in [0, 0.05) is 6.54 Å². The molecule has 5 heteroatoms. The number of nitrogens with one attached hydrogen (secondary N) is 1. The molecule has 1 aromatic heterocycles. The van der Waals surface area contributed by atoms with Crippen LogP contribution >= 0.6 is 0 Å². The highest BCUT2D eigenvalue weighted by Crippen LogP contribution is 2.06. The van der Waals surface area contributed by atoms with Gasteiger partial charge in [-0.25, -0.2) is 4.98 Å². The molecule has 5 nitrogen and oxygen atoms in total. The van der Waals surface area contributed by atoms with E-state index in [1.807, 2.05) is 31.2 Å². The minimum Gasteiger partial charge on any atom is -0.356 e. The summed E-state index contributed by atoms with van der Waals surface area (Å²) in [4.78, 5) is 15.8. The number of hydrogen-bond donors (Lipinski definition) is 1. The smallest absolute Gasteiger partial charge is 0.227 e. The Morgan fingerprint density at radius 2 is 2.00 bits per heavy atom. The molecule has 0 saturated carbocycles. The molecule has 0 saturated heterocycles. The van der Waals surface area contributed by atoms with E-state index in [4.69, 9.17) is 0 Å². The largest absolute Gasteiger partial charge is 0.356 e. The van der Waals surface area contributed by atoms with Crippen LogP contribution in [-0.2, 0) is 11.2 Å². The van der Waals surface area contributed by atoms with Crippen molar-refractivity contribution in [1.82, 2.24) is 20.5 Å². The Hall–Kier alpha value is -2.04. The molecule has 1 heterocycles. The second-order valence-electron chi connectivity index (χ2n) is 3.74. The lowest BCUT2D eigenvalue weighted by molar-refractivity contribution is -0.120. The molecule has 1 amide bonds. The number of nitrogens with zero attached hydrogens (tertiary/aromatic N) is 3. The molecule has 17 heavy (non-hydrogen) atoms. The van der Waals surface area contributed by atoms with Crippen LogP contribution in [0.3, 0.4) is 0 Å². The summed E-state index contributed by atoms with van der Waals surface area (Å²) in [5.74, 6) is 0.390. The van der Waals surface area contributed by atoms with E-state index in [-0.39, 0.29) is 12.3 Å². The van der Waals surface area contributed by atoms with E-state index in [9.17, 15) is 4.79 Å². The lowest BCUT2D eigenvalue weighted by Gasteiger charge is -2.02. The number of para-hydroxylation sites is 1. The fourth-order valence-corrected chi connectivity index (χ4v) is 1.46. The van der Waals surface area contributed by atoms with E-state index in [2.05, 4.69) is 20.5 Å². The Labute approximate surface area is 99.3 Å². The van der Waals surface area contributed by atoms with Crippen LogP contribution in [0.5, 0.6) is 0 Å². The van der Waals surface area contributed by atoms with Gasteiger partial charge in [0.1, 0.15) is 5.52 Å². The molecule has 0 aliphatic carbocycles. The summed E-state index contributed by atoms with van der Waals surface area (Å²) >= 11 is 0. The fourth-order valence-electron chi connectivity index (χ4n) is 1.46. The number of carbonyl (C=O) groups excluding carboxylic acids is 1. The van der Waals surface area contributed by atoms with Gasteiger partial charge in [0.15, 0.2) is 5.82 Å². The maximum Gasteiger partial charge on any atom is 0.227 e. The molecule has 0 aliphatic rings. The maximum atomic E-state index is 11.5. The van der Waals surface area contributed by atoms with Crippen LogP contribution in [0.25, 0.3) is 11.0 Å². The number of rotatable bonds is 4. The van der Waals surface area contributed by atoms with Crippen LogP contribution in [0, 0.1) is 0 Å². The summed E-state index contributed by atoms with van der Waals surface area (Å²) < 4.78 is 0. The molecule has 0 unspecified atom stereocenters. The summed E-state index contributed by atoms with van der Waals surface area (Å²) in [5.41, 5.74) is 1.51. The van der Waals surface area contributed by atoms with Crippen molar-refractivity contribution >= 4 is 16.9 Å². The Kier molecular flexibility index (Phi) is 3.59. The van der Waals surface area contributed by atoms with Crippen molar-refractivity contribution in [2.75, 3.05) is 6.54 Å². The topological polar surface area (TPSA) is 67.8 Å². The van der Waals surface area contributed by atoms with Gasteiger partial charge < -0.3 is 5.32 Å². The lowest BCUT2D eigenvalue weighted by Crippen LogP contribution is -2.26. The highest BCUT2D eigenvalue weighted by Gasteiger charge is 2.06. The predicted molar refractivity (Wildman–Crippen MR) is 64.3 cm³/mol. The van der Waals surface area contributed by atoms with Crippen molar-refractivity contribution in [3.63, 3.8) is 0 Å². The van der Waals surface area contributed by atoms with Crippen molar-refractivity contribution < 1.29 is 4.79 Å². The van der Waals surface area contributed by atoms with Gasteiger partial charge in [0.25, 0.3) is 0 Å². The van der Waals surface area contributed by atoms with Gasteiger partial charge in [0.2, 0.25) is 5.91 Å². The first-order valence-corrected chi connectivity index (χ1v) is 5.64. The quantitative estimate of drug-likeness (QED) is 0.853. The standard InChI is InChI=1S/C12H14N4O/c1-2-7-13-12(17)8-11-14-9-5-3-4-6-10(9)15-16-11/h3-6H,2,7-8H2,1H3,(H,13,17). The average molecular weight is 230 g/mol. The number of aromatic nitrogens is 3. The first-order chi connectivity index (χ1) is 8.29. The normalized spacial score (nSPS) is 10.4. The minimum absolute atomic E-state index is 0.0658. The third kappa shape index (κ3) is 2.96. The summed E-state index contributed by atoms with van der Waals surface area (Å²) in [7, 11) is 0. The number of amides is 1. The van der Waals surface area contributed by atoms with Gasteiger partial charge in [-0.1, -0.05) is 19.1 Å². The third-order valence-electron chi connectivity index (χ3n) is 2.30. The summed E-state index contributed by atoms with van der Waals surface area (Å²) in [6.07, 6.45) is 1.10. The highest BCUT2D eigenvalue weighted by molar-refractivity contribution is 5.78. The molecule has 88 valence electrons. The Balaban J connectivity index is 2.11. The Morgan fingerprint density at radius 1 is 1.24 bits per heavy atom. The van der Waals surface area contributed by atoms with E-state index < -0.39 is 0 Å². The molecule has 2 rings (SSSR count). The van der Waals surface area contributed by atoms with Gasteiger partial charge in [-0.15, -0.1) is 10.2 Å². The summed E-state index contributed by atoms with van der Waals surface area (Å²) in [5, 5.41) is 10.7. The summed E-state index contributed by atoms with van der Waals surface area (Å²) in [6, 6.07) is 7.47. The van der Waals surface area contributed by atoms with Crippen LogP contribution in [0.15, 0.2) is 24.3 Å². The minimum atomic E-state index is -0.0658. The molecule has 0 atom stereocenters. The maximum absolute atomic E-state index is 11.5. The summed E-state index contributed by atoms with van der Waals surface area (Å²) in [6.45, 7) is 2.69. The molecule has 0 fully saturated rings. The third-order valence-corrected chi connectivity index (χ3v) is 2.30. The van der Waals surface area contributed by atoms with Crippen molar-refractivity contribution in [1.29, 1.82) is 0 Å². The first-order valence-electron chi connectivity index (χ1n) is 5.64. The van der Waals surface area contributed by atoms with Crippen LogP contribution in [0.1, 0.15) is 19.2 Å². The number of carbonyl (C=O) groups is 1. The molecule has 0 spiro atoms. The number of benzene rings is 1. The van der Waals surface area contributed by atoms with Crippen molar-refractivity contribution in [3.05, 3.63) is 30.1 Å². The van der Waals surface area contributed by atoms with Gasteiger partial charge >= 0.3 is 0 Å². The van der Waals surface area contributed by atoms with Crippen molar-refractivity contribution in [2.45, 2.75) is 19.8 Å². The molecule has 0 radical (unpaired) electrons. The zero-order valence-electron chi connectivity index (χ0n) is 9.68. The zero-order chi connectivity index (χ0) is 12.1. The van der Waals surface area contributed by atoms with E-state index >= 15 is 0 Å². The van der Waals surface area contributed by atoms with Crippen LogP contribution in [0.4, 0.5) is 0 Å². The second-order valence-corrected chi connectivity index (χ2v) is 3.74. The van der Waals surface area contributed by atoms with E-state index in [0.29, 0.717) is 12.4 Å². The second kappa shape index (κ2) is 5.34. The molecule has 1 N–H and O–H groups in total. The predicted octanol–water partition coefficient (Wildman–Crippen LogP) is 1.09. The lowest BCUT2D eigenvalue weighted by atomic mass is 10.3. The van der Waals surface area contributed by atoms with Gasteiger partial charge in [-0.3, -0.25) is 4.79 Å². The van der Waals surface area contributed by atoms with Crippen LogP contribution in [0.2, 0.25) is 0 Å². The van der Waals surface area contributed by atoms with E-state index in [1.165, 1.54) is 0 Å². The molecular formula is C12H14N4O. The van der Waals surface area contributed by atoms with E-state index in [0.717, 1.165) is 17.5 Å². The average Bonchev–Trinajstić information content (AvgIpc) is 2.36. The highest BCUT2D eigenvalue weighted by atomic mass is 16.1. The Morgan fingerprint density at radius 3 is 2.76 bits per heavy atom. The monoisotopic (exact) mass is 230 g/mol.